The summed E-state index contributed by atoms with van der Waals surface area (Å²) >= 11 is 2.68. The van der Waals surface area contributed by atoms with Crippen LogP contribution in [-0.4, -0.2) is 27.2 Å². The maximum atomic E-state index is 13.6. The van der Waals surface area contributed by atoms with Crippen LogP contribution in [0.3, 0.4) is 0 Å². The average molecular weight is 513 g/mol. The van der Waals surface area contributed by atoms with Gasteiger partial charge in [0, 0.05) is 39.3 Å². The zero-order valence-electron chi connectivity index (χ0n) is 17.4. The highest BCUT2D eigenvalue weighted by Gasteiger charge is 2.44. The van der Waals surface area contributed by atoms with E-state index in [1.165, 1.54) is 34.8 Å². The monoisotopic (exact) mass is 512 g/mol. The maximum Gasteiger partial charge on any atom is 0.454 e. The van der Waals surface area contributed by atoms with Crippen molar-refractivity contribution in [3.05, 3.63) is 112 Å². The molecule has 0 N–H and O–H groups in total. The highest BCUT2D eigenvalue weighted by Crippen LogP contribution is 2.62. The van der Waals surface area contributed by atoms with E-state index in [2.05, 4.69) is 9.97 Å². The molecule has 2 aromatic heterocycles. The number of alkyl halides is 3. The standard InChI is InChI=1S/C25H16F3N2OPS2/c26-25(27,28)22(31)17-15-20(23-29-11-13-33-23)32(18-7-3-1-4-8-18,19-9-5-2-6-10-19)21(16-17)24-30-12-14-34-24/h1-16H. The first-order valence-electron chi connectivity index (χ1n) is 10.2. The number of Topliss-reactive ketones (excluding diaryl/α,β-unsaturated/α-hetero) is 1. The van der Waals surface area contributed by atoms with Crippen LogP contribution in [0.1, 0.15) is 10.0 Å². The Bertz CT molecular complexity index is 1400. The summed E-state index contributed by atoms with van der Waals surface area (Å²) in [5.74, 6) is -1.88. The van der Waals surface area contributed by atoms with Crippen LogP contribution < -0.4 is 10.6 Å². The molecule has 5 rings (SSSR count). The van der Waals surface area contributed by atoms with Crippen molar-refractivity contribution in [2.75, 3.05) is 0 Å². The zero-order chi connectivity index (χ0) is 23.8. The Labute approximate surface area is 201 Å². The summed E-state index contributed by atoms with van der Waals surface area (Å²) in [7, 11) is 0. The van der Waals surface area contributed by atoms with Gasteiger partial charge in [-0.15, -0.1) is 22.7 Å². The molecule has 3 heterocycles. The number of allylic oxidation sites excluding steroid dienone is 3. The van der Waals surface area contributed by atoms with Gasteiger partial charge in [0.2, 0.25) is 0 Å². The fourth-order valence-electron chi connectivity index (χ4n) is 4.07. The Balaban J connectivity index is 2.01. The molecule has 9 heteroatoms. The van der Waals surface area contributed by atoms with E-state index in [1.807, 2.05) is 60.7 Å². The number of thiazole rings is 2. The fraction of sp³-hybridized carbons (Fsp3) is 0.0400. The van der Waals surface area contributed by atoms with E-state index in [0.29, 0.717) is 20.6 Å². The van der Waals surface area contributed by atoms with Gasteiger partial charge in [-0.05, 0) is 29.6 Å². The number of ketones is 1. The summed E-state index contributed by atoms with van der Waals surface area (Å²) in [4.78, 5) is 21.4. The number of carbonyl (C=O) groups is 1. The molecule has 0 saturated carbocycles. The predicted molar refractivity (Wildman–Crippen MR) is 135 cm³/mol. The molecular weight excluding hydrogens is 496 g/mol. The van der Waals surface area contributed by atoms with Crippen LogP contribution in [0.15, 0.2) is 102 Å². The van der Waals surface area contributed by atoms with E-state index in [4.69, 9.17) is 0 Å². The van der Waals surface area contributed by atoms with Crippen molar-refractivity contribution in [3.8, 4) is 0 Å². The van der Waals surface area contributed by atoms with Crippen LogP contribution in [0.2, 0.25) is 0 Å². The minimum Gasteiger partial charge on any atom is -0.284 e. The largest absolute Gasteiger partial charge is 0.454 e. The molecule has 0 bridgehead atoms. The number of halogens is 3. The van der Waals surface area contributed by atoms with Gasteiger partial charge in [0.05, 0.1) is 0 Å². The van der Waals surface area contributed by atoms with Gasteiger partial charge in [0.1, 0.15) is 10.0 Å². The third-order valence-electron chi connectivity index (χ3n) is 5.42. The molecule has 0 amide bonds. The average Bonchev–Trinajstić information content (AvgIpc) is 3.58. The SMILES string of the molecule is O=C(C1=CC(c2nccs2)=P(c2ccccc2)(c2ccccc2)C(c2nccs2)=C1)C(F)(F)F. The molecule has 1 aliphatic rings. The second-order valence-electron chi connectivity index (χ2n) is 7.36. The van der Waals surface area contributed by atoms with Gasteiger partial charge in [0.25, 0.3) is 5.78 Å². The minimum atomic E-state index is -5.00. The molecule has 0 radical (unpaired) electrons. The van der Waals surface area contributed by atoms with E-state index < -0.39 is 24.4 Å². The molecule has 0 unspecified atom stereocenters. The van der Waals surface area contributed by atoms with E-state index in [-0.39, 0.29) is 0 Å². The van der Waals surface area contributed by atoms with E-state index >= 15 is 0 Å². The van der Waals surface area contributed by atoms with Gasteiger partial charge < -0.3 is 0 Å². The van der Waals surface area contributed by atoms with Crippen molar-refractivity contribution in [3.63, 3.8) is 0 Å². The van der Waals surface area contributed by atoms with E-state index in [0.717, 1.165) is 10.6 Å². The van der Waals surface area contributed by atoms with Crippen molar-refractivity contribution in [1.82, 2.24) is 9.97 Å². The lowest BCUT2D eigenvalue weighted by atomic mass is 10.1. The third kappa shape index (κ3) is 3.82. The van der Waals surface area contributed by atoms with Crippen LogP contribution in [0.25, 0.3) is 5.31 Å². The molecule has 0 fully saturated rings. The topological polar surface area (TPSA) is 42.9 Å². The molecule has 0 spiro atoms. The van der Waals surface area contributed by atoms with Crippen LogP contribution in [-0.2, 0) is 4.79 Å². The molecule has 1 aliphatic heterocycles. The normalized spacial score (nSPS) is 15.6. The summed E-state index contributed by atoms with van der Waals surface area (Å²) < 4.78 is 40.7. The number of hydrogen-bond donors (Lipinski definition) is 0. The molecule has 34 heavy (non-hydrogen) atoms. The quantitative estimate of drug-likeness (QED) is 0.313. The number of benzene rings is 2. The van der Waals surface area contributed by atoms with E-state index in [9.17, 15) is 18.0 Å². The number of rotatable bonds is 5. The Kier molecular flexibility index (Phi) is 5.98. The molecule has 3 nitrogen and oxygen atoms in total. The lowest BCUT2D eigenvalue weighted by molar-refractivity contribution is -0.166. The lowest BCUT2D eigenvalue weighted by Gasteiger charge is -2.35. The molecule has 0 aliphatic carbocycles. The molecule has 0 saturated heterocycles. The smallest absolute Gasteiger partial charge is 0.284 e. The summed E-state index contributed by atoms with van der Waals surface area (Å²) in [6, 6.07) is 19.4. The molecule has 4 aromatic rings. The summed E-state index contributed by atoms with van der Waals surface area (Å²) in [6.07, 6.45) is 1.03. The van der Waals surface area contributed by atoms with Crippen LogP contribution >= 0.6 is 29.6 Å². The van der Waals surface area contributed by atoms with Crippen LogP contribution in [0.5, 0.6) is 0 Å². The van der Waals surface area contributed by atoms with Crippen molar-refractivity contribution >= 4 is 56.6 Å². The van der Waals surface area contributed by atoms with E-state index in [1.54, 1.807) is 23.2 Å². The zero-order valence-corrected chi connectivity index (χ0v) is 20.0. The van der Waals surface area contributed by atoms with Crippen molar-refractivity contribution < 1.29 is 18.0 Å². The summed E-state index contributed by atoms with van der Waals surface area (Å²) in [6.45, 7) is -2.74. The lowest BCUT2D eigenvalue weighted by Crippen LogP contribution is -2.29. The second kappa shape index (κ2) is 8.95. The number of nitrogens with zero attached hydrogens (tertiary/aromatic N) is 2. The van der Waals surface area contributed by atoms with Gasteiger partial charge in [-0.1, -0.05) is 60.7 Å². The Morgan fingerprint density at radius 2 is 1.29 bits per heavy atom. The van der Waals surface area contributed by atoms with Gasteiger partial charge in [-0.2, -0.15) is 13.2 Å². The van der Waals surface area contributed by atoms with Gasteiger partial charge in [0.15, 0.2) is 0 Å². The first-order valence-corrected chi connectivity index (χ1v) is 13.7. The van der Waals surface area contributed by atoms with Gasteiger partial charge in [-0.25, -0.2) is 9.97 Å². The Morgan fingerprint density at radius 3 is 1.76 bits per heavy atom. The second-order valence-corrected chi connectivity index (χ2v) is 12.5. The molecule has 0 atom stereocenters. The number of hydrogen-bond acceptors (Lipinski definition) is 5. The van der Waals surface area contributed by atoms with Gasteiger partial charge in [-0.3, -0.25) is 4.79 Å². The fourth-order valence-corrected chi connectivity index (χ4v) is 10.6. The molecule has 2 aromatic carbocycles. The number of carbonyl (C=O) groups excluding carboxylic acids is 1. The third-order valence-corrected chi connectivity index (χ3v) is 11.6. The van der Waals surface area contributed by atoms with Crippen molar-refractivity contribution in [1.29, 1.82) is 0 Å². The van der Waals surface area contributed by atoms with Crippen LogP contribution in [0, 0.1) is 0 Å². The minimum absolute atomic E-state index is 0.412. The van der Waals surface area contributed by atoms with Gasteiger partial charge >= 0.3 is 6.18 Å². The predicted octanol–water partition coefficient (Wildman–Crippen LogP) is 5.90. The maximum absolute atomic E-state index is 13.6. The summed E-state index contributed by atoms with van der Waals surface area (Å²) in [5, 5.41) is 7.85. The number of aromatic nitrogens is 2. The van der Waals surface area contributed by atoms with Crippen molar-refractivity contribution in [2.24, 2.45) is 0 Å². The molecule has 170 valence electrons. The summed E-state index contributed by atoms with van der Waals surface area (Å²) in [5.41, 5.74) is -0.412. The highest BCUT2D eigenvalue weighted by molar-refractivity contribution is 7.98. The first-order chi connectivity index (χ1) is 16.4. The van der Waals surface area contributed by atoms with Crippen LogP contribution in [0.4, 0.5) is 13.2 Å². The molecular formula is C25H16F3N2OPS2. The highest BCUT2D eigenvalue weighted by atomic mass is 32.1. The first kappa shape index (κ1) is 22.7. The van der Waals surface area contributed by atoms with Crippen molar-refractivity contribution in [2.45, 2.75) is 6.18 Å². The Hall–Kier alpha value is -3.06. The Morgan fingerprint density at radius 1 is 0.765 bits per heavy atom.